The SMILES string of the molecule is CCOc1ccc(OCC(C)OC(=O)COc2ccc(Cl)c3cccnc23)cc1. The van der Waals surface area contributed by atoms with Crippen LogP contribution in [0.2, 0.25) is 5.02 Å². The van der Waals surface area contributed by atoms with Gasteiger partial charge in [0.05, 0.1) is 11.6 Å². The quantitative estimate of drug-likeness (QED) is 0.473. The molecule has 2 aromatic carbocycles. The number of hydrogen-bond donors (Lipinski definition) is 0. The van der Waals surface area contributed by atoms with Gasteiger partial charge in [0.25, 0.3) is 0 Å². The third kappa shape index (κ3) is 5.74. The minimum Gasteiger partial charge on any atom is -0.494 e. The average Bonchev–Trinajstić information content (AvgIpc) is 2.73. The highest BCUT2D eigenvalue weighted by atomic mass is 35.5. The summed E-state index contributed by atoms with van der Waals surface area (Å²) in [6.07, 6.45) is 1.21. The Morgan fingerprint density at radius 1 is 1.03 bits per heavy atom. The Bertz CT molecular complexity index is 961. The third-order valence-electron chi connectivity index (χ3n) is 3.98. The van der Waals surface area contributed by atoms with Gasteiger partial charge >= 0.3 is 5.97 Å². The molecule has 152 valence electrons. The highest BCUT2D eigenvalue weighted by Gasteiger charge is 2.13. The van der Waals surface area contributed by atoms with E-state index in [4.69, 9.17) is 30.5 Å². The molecule has 0 spiro atoms. The van der Waals surface area contributed by atoms with Crippen molar-refractivity contribution in [3.05, 3.63) is 59.8 Å². The van der Waals surface area contributed by atoms with Crippen LogP contribution in [-0.4, -0.2) is 36.9 Å². The van der Waals surface area contributed by atoms with Crippen LogP contribution in [0.15, 0.2) is 54.7 Å². The molecule has 7 heteroatoms. The predicted octanol–water partition coefficient (Wildman–Crippen LogP) is 4.68. The number of fused-ring (bicyclic) bond motifs is 1. The second kappa shape index (κ2) is 9.98. The molecule has 1 heterocycles. The molecule has 1 atom stereocenters. The average molecular weight is 416 g/mol. The van der Waals surface area contributed by atoms with Gasteiger partial charge in [-0.15, -0.1) is 0 Å². The van der Waals surface area contributed by atoms with E-state index in [1.807, 2.05) is 25.1 Å². The molecule has 1 unspecified atom stereocenters. The number of aromatic nitrogens is 1. The first-order chi connectivity index (χ1) is 14.1. The molecule has 0 radical (unpaired) electrons. The fraction of sp³-hybridized carbons (Fsp3) is 0.273. The molecule has 29 heavy (non-hydrogen) atoms. The lowest BCUT2D eigenvalue weighted by molar-refractivity contribution is -0.151. The largest absolute Gasteiger partial charge is 0.494 e. The molecule has 0 aliphatic rings. The van der Waals surface area contributed by atoms with E-state index in [2.05, 4.69) is 4.98 Å². The second-order valence-electron chi connectivity index (χ2n) is 6.25. The van der Waals surface area contributed by atoms with Crippen LogP contribution in [0.5, 0.6) is 17.2 Å². The highest BCUT2D eigenvalue weighted by molar-refractivity contribution is 6.35. The number of carbonyl (C=O) groups is 1. The fourth-order valence-corrected chi connectivity index (χ4v) is 2.89. The molecule has 0 bridgehead atoms. The summed E-state index contributed by atoms with van der Waals surface area (Å²) < 4.78 is 21.9. The zero-order chi connectivity index (χ0) is 20.6. The molecule has 0 fully saturated rings. The smallest absolute Gasteiger partial charge is 0.344 e. The summed E-state index contributed by atoms with van der Waals surface area (Å²) in [5.74, 6) is 1.43. The van der Waals surface area contributed by atoms with Gasteiger partial charge in [-0.25, -0.2) is 4.79 Å². The fourth-order valence-electron chi connectivity index (χ4n) is 2.67. The molecule has 0 N–H and O–H groups in total. The summed E-state index contributed by atoms with van der Waals surface area (Å²) in [4.78, 5) is 16.4. The van der Waals surface area contributed by atoms with Gasteiger partial charge in [-0.3, -0.25) is 4.98 Å². The summed E-state index contributed by atoms with van der Waals surface area (Å²) >= 11 is 6.16. The maximum atomic E-state index is 12.1. The van der Waals surface area contributed by atoms with Gasteiger partial charge in [0, 0.05) is 11.6 Å². The number of nitrogens with zero attached hydrogens (tertiary/aromatic N) is 1. The molecule has 6 nitrogen and oxygen atoms in total. The van der Waals surface area contributed by atoms with Gasteiger partial charge in [0.2, 0.25) is 0 Å². The summed E-state index contributed by atoms with van der Waals surface area (Å²) in [5.41, 5.74) is 0.597. The summed E-state index contributed by atoms with van der Waals surface area (Å²) in [5, 5.41) is 1.33. The number of ether oxygens (including phenoxy) is 4. The van der Waals surface area contributed by atoms with Crippen LogP contribution < -0.4 is 14.2 Å². The number of pyridine rings is 1. The molecule has 1 aromatic heterocycles. The first-order valence-electron chi connectivity index (χ1n) is 9.28. The standard InChI is InChI=1S/C22H22ClNO5/c1-3-26-16-6-8-17(9-7-16)27-13-15(2)29-21(25)14-28-20-11-10-19(23)18-5-4-12-24-22(18)20/h4-12,15H,3,13-14H2,1-2H3. The summed E-state index contributed by atoms with van der Waals surface area (Å²) in [7, 11) is 0. The Labute approximate surface area is 174 Å². The van der Waals surface area contributed by atoms with Crippen molar-refractivity contribution in [2.45, 2.75) is 20.0 Å². The van der Waals surface area contributed by atoms with Gasteiger partial charge in [-0.1, -0.05) is 11.6 Å². The van der Waals surface area contributed by atoms with Crippen molar-refractivity contribution in [2.75, 3.05) is 19.8 Å². The monoisotopic (exact) mass is 415 g/mol. The van der Waals surface area contributed by atoms with Crippen LogP contribution in [0.3, 0.4) is 0 Å². The van der Waals surface area contributed by atoms with Crippen molar-refractivity contribution in [3.63, 3.8) is 0 Å². The molecule has 0 saturated heterocycles. The van der Waals surface area contributed by atoms with E-state index in [0.717, 1.165) is 11.1 Å². The normalized spacial score (nSPS) is 11.7. The van der Waals surface area contributed by atoms with E-state index in [1.54, 1.807) is 43.5 Å². The lowest BCUT2D eigenvalue weighted by Gasteiger charge is -2.15. The molecule has 0 aliphatic carbocycles. The van der Waals surface area contributed by atoms with E-state index >= 15 is 0 Å². The number of carbonyl (C=O) groups excluding carboxylic acids is 1. The number of halogens is 1. The zero-order valence-electron chi connectivity index (χ0n) is 16.3. The van der Waals surface area contributed by atoms with Gasteiger partial charge in [0.1, 0.15) is 35.5 Å². The van der Waals surface area contributed by atoms with Gasteiger partial charge in [-0.05, 0) is 62.4 Å². The minimum atomic E-state index is -0.494. The van der Waals surface area contributed by atoms with E-state index in [9.17, 15) is 4.79 Å². The number of benzene rings is 2. The Kier molecular flexibility index (Phi) is 7.14. The van der Waals surface area contributed by atoms with Gasteiger partial charge < -0.3 is 18.9 Å². The molecule has 0 amide bonds. The van der Waals surface area contributed by atoms with E-state index in [-0.39, 0.29) is 13.2 Å². The molecule has 3 rings (SSSR count). The lowest BCUT2D eigenvalue weighted by Crippen LogP contribution is -2.25. The second-order valence-corrected chi connectivity index (χ2v) is 6.66. The maximum Gasteiger partial charge on any atom is 0.344 e. The summed E-state index contributed by atoms with van der Waals surface area (Å²) in [6.45, 7) is 4.28. The molecule has 0 saturated carbocycles. The Hall–Kier alpha value is -2.99. The van der Waals surface area contributed by atoms with Crippen molar-refractivity contribution in [2.24, 2.45) is 0 Å². The molecular formula is C22H22ClNO5. The van der Waals surface area contributed by atoms with Crippen LogP contribution in [0.1, 0.15) is 13.8 Å². The van der Waals surface area contributed by atoms with Crippen molar-refractivity contribution in [1.82, 2.24) is 4.98 Å². The molecule has 3 aromatic rings. The van der Waals surface area contributed by atoms with Gasteiger partial charge in [-0.2, -0.15) is 0 Å². The first-order valence-corrected chi connectivity index (χ1v) is 9.65. The highest BCUT2D eigenvalue weighted by Crippen LogP contribution is 2.29. The number of rotatable bonds is 9. The van der Waals surface area contributed by atoms with E-state index < -0.39 is 12.1 Å². The van der Waals surface area contributed by atoms with E-state index in [0.29, 0.717) is 28.6 Å². The zero-order valence-corrected chi connectivity index (χ0v) is 17.0. The van der Waals surface area contributed by atoms with Crippen LogP contribution in [0.4, 0.5) is 0 Å². The molecular weight excluding hydrogens is 394 g/mol. The van der Waals surface area contributed by atoms with Crippen LogP contribution in [0.25, 0.3) is 10.9 Å². The Morgan fingerprint density at radius 3 is 2.48 bits per heavy atom. The Morgan fingerprint density at radius 2 is 1.76 bits per heavy atom. The maximum absolute atomic E-state index is 12.1. The summed E-state index contributed by atoms with van der Waals surface area (Å²) in [6, 6.07) is 14.3. The lowest BCUT2D eigenvalue weighted by atomic mass is 10.2. The molecule has 0 aliphatic heterocycles. The van der Waals surface area contributed by atoms with Crippen LogP contribution in [-0.2, 0) is 9.53 Å². The third-order valence-corrected chi connectivity index (χ3v) is 4.31. The van der Waals surface area contributed by atoms with Crippen molar-refractivity contribution >= 4 is 28.5 Å². The Balaban J connectivity index is 1.47. The first kappa shape index (κ1) is 20.7. The van der Waals surface area contributed by atoms with Crippen molar-refractivity contribution < 1.29 is 23.7 Å². The topological polar surface area (TPSA) is 66.9 Å². The number of esters is 1. The van der Waals surface area contributed by atoms with Crippen molar-refractivity contribution in [1.29, 1.82) is 0 Å². The minimum absolute atomic E-state index is 0.227. The number of hydrogen-bond acceptors (Lipinski definition) is 6. The van der Waals surface area contributed by atoms with Crippen LogP contribution >= 0.6 is 11.6 Å². The van der Waals surface area contributed by atoms with Crippen LogP contribution in [0, 0.1) is 0 Å². The predicted molar refractivity (Wildman–Crippen MR) is 111 cm³/mol. The van der Waals surface area contributed by atoms with Crippen molar-refractivity contribution in [3.8, 4) is 17.2 Å². The van der Waals surface area contributed by atoms with Gasteiger partial charge in [0.15, 0.2) is 6.61 Å². The van der Waals surface area contributed by atoms with E-state index in [1.165, 1.54) is 0 Å².